The zero-order valence-corrected chi connectivity index (χ0v) is 12.9. The molecule has 110 valence electrons. The first kappa shape index (κ1) is 12.9. The van der Waals surface area contributed by atoms with Crippen molar-refractivity contribution in [3.8, 4) is 0 Å². The maximum atomic E-state index is 10.1. The van der Waals surface area contributed by atoms with E-state index in [1.165, 1.54) is 48.7 Å². The number of aliphatic hydroxyl groups excluding tert-OH is 1. The molecular formula is C22H16O. The second-order valence-electron chi connectivity index (χ2n) is 6.31. The normalized spacial score (nSPS) is 12.1. The molecule has 0 fully saturated rings. The summed E-state index contributed by atoms with van der Waals surface area (Å²) in [6.45, 7) is 2.22. The van der Waals surface area contributed by atoms with Gasteiger partial charge in [-0.1, -0.05) is 60.7 Å². The van der Waals surface area contributed by atoms with Gasteiger partial charge in [-0.25, -0.2) is 0 Å². The molecule has 0 bridgehead atoms. The van der Waals surface area contributed by atoms with Crippen molar-refractivity contribution in [2.24, 2.45) is 0 Å². The van der Waals surface area contributed by atoms with Gasteiger partial charge in [0.25, 0.3) is 0 Å². The number of aryl methyl sites for hydroxylation is 1. The smallest absolute Gasteiger partial charge is 0.0693 e. The first-order valence-corrected chi connectivity index (χ1v) is 7.98. The van der Waals surface area contributed by atoms with Crippen molar-refractivity contribution in [1.82, 2.24) is 0 Å². The fraction of sp³-hybridized carbons (Fsp3) is 0.0909. The molecule has 0 atom stereocenters. The maximum absolute atomic E-state index is 10.1. The van der Waals surface area contributed by atoms with E-state index in [2.05, 4.69) is 67.6 Å². The summed E-state index contributed by atoms with van der Waals surface area (Å²) in [5.41, 5.74) is 2.30. The first-order valence-electron chi connectivity index (χ1n) is 7.98. The highest BCUT2D eigenvalue weighted by atomic mass is 16.3. The molecule has 23 heavy (non-hydrogen) atoms. The summed E-state index contributed by atoms with van der Waals surface area (Å²) in [5.74, 6) is 0. The van der Waals surface area contributed by atoms with Gasteiger partial charge in [0.15, 0.2) is 0 Å². The Balaban J connectivity index is 2.24. The minimum atomic E-state index is 0.0636. The zero-order chi connectivity index (χ0) is 15.6. The van der Waals surface area contributed by atoms with Crippen molar-refractivity contribution in [2.45, 2.75) is 13.5 Å². The third-order valence-electron chi connectivity index (χ3n) is 5.13. The van der Waals surface area contributed by atoms with Crippen molar-refractivity contribution in [1.29, 1.82) is 0 Å². The van der Waals surface area contributed by atoms with Crippen LogP contribution in [-0.4, -0.2) is 5.11 Å². The molecule has 5 rings (SSSR count). The van der Waals surface area contributed by atoms with Crippen LogP contribution < -0.4 is 0 Å². The standard InChI is InChI=1S/C22H16O/c1-13-4-2-7-16-19(12-23)17-10-8-14-5-3-6-15-9-11-18(20(13)16)22(17)21(14)15/h2-11,23H,12H2,1H3. The van der Waals surface area contributed by atoms with E-state index in [-0.39, 0.29) is 6.61 Å². The summed E-state index contributed by atoms with van der Waals surface area (Å²) in [7, 11) is 0. The van der Waals surface area contributed by atoms with Crippen LogP contribution in [0.2, 0.25) is 0 Å². The molecule has 1 heteroatoms. The molecule has 0 saturated carbocycles. The van der Waals surface area contributed by atoms with Crippen molar-refractivity contribution in [3.63, 3.8) is 0 Å². The van der Waals surface area contributed by atoms with E-state index in [4.69, 9.17) is 0 Å². The minimum Gasteiger partial charge on any atom is -0.392 e. The van der Waals surface area contributed by atoms with E-state index in [9.17, 15) is 5.11 Å². The number of benzene rings is 5. The van der Waals surface area contributed by atoms with Gasteiger partial charge < -0.3 is 5.11 Å². The van der Waals surface area contributed by atoms with Crippen molar-refractivity contribution in [2.75, 3.05) is 0 Å². The number of aliphatic hydroxyl groups is 1. The topological polar surface area (TPSA) is 20.2 Å². The van der Waals surface area contributed by atoms with Gasteiger partial charge in [0.2, 0.25) is 0 Å². The van der Waals surface area contributed by atoms with Gasteiger partial charge in [0.05, 0.1) is 6.61 Å². The van der Waals surface area contributed by atoms with Crippen molar-refractivity contribution >= 4 is 43.1 Å². The van der Waals surface area contributed by atoms with Crippen LogP contribution in [0.4, 0.5) is 0 Å². The Morgan fingerprint density at radius 2 is 1.30 bits per heavy atom. The molecule has 5 aromatic carbocycles. The molecular weight excluding hydrogens is 280 g/mol. The Bertz CT molecular complexity index is 1190. The van der Waals surface area contributed by atoms with Crippen LogP contribution in [0.1, 0.15) is 11.1 Å². The fourth-order valence-electron chi connectivity index (χ4n) is 4.13. The molecule has 0 saturated heterocycles. The van der Waals surface area contributed by atoms with Crippen LogP contribution in [0.3, 0.4) is 0 Å². The summed E-state index contributed by atoms with van der Waals surface area (Å²) in [6, 6.07) is 21.6. The molecule has 0 amide bonds. The number of rotatable bonds is 1. The molecule has 0 unspecified atom stereocenters. The number of fused-ring (bicyclic) bond motifs is 2. The van der Waals surface area contributed by atoms with Crippen molar-refractivity contribution in [3.05, 3.63) is 71.8 Å². The lowest BCUT2D eigenvalue weighted by molar-refractivity contribution is 0.285. The first-order chi connectivity index (χ1) is 11.3. The van der Waals surface area contributed by atoms with E-state index in [1.54, 1.807) is 0 Å². The van der Waals surface area contributed by atoms with Gasteiger partial charge in [-0.2, -0.15) is 0 Å². The summed E-state index contributed by atoms with van der Waals surface area (Å²) >= 11 is 0. The number of hydrogen-bond acceptors (Lipinski definition) is 1. The van der Waals surface area contributed by atoms with Crippen LogP contribution in [0.15, 0.2) is 60.7 Å². The monoisotopic (exact) mass is 296 g/mol. The fourth-order valence-corrected chi connectivity index (χ4v) is 4.13. The summed E-state index contributed by atoms with van der Waals surface area (Å²) in [6.07, 6.45) is 0. The molecule has 1 N–H and O–H groups in total. The van der Waals surface area contributed by atoms with E-state index in [1.807, 2.05) is 0 Å². The SMILES string of the molecule is Cc1cccc2c(CO)c3ccc4cccc5ccc(c12)c3c45. The summed E-state index contributed by atoms with van der Waals surface area (Å²) in [4.78, 5) is 0. The van der Waals surface area contributed by atoms with Crippen LogP contribution in [0, 0.1) is 6.92 Å². The van der Waals surface area contributed by atoms with Crippen LogP contribution >= 0.6 is 0 Å². The molecule has 0 radical (unpaired) electrons. The second kappa shape index (κ2) is 4.43. The predicted molar refractivity (Wildman–Crippen MR) is 98.3 cm³/mol. The lowest BCUT2D eigenvalue weighted by Gasteiger charge is -2.17. The molecule has 5 aromatic rings. The Hall–Kier alpha value is -2.64. The molecule has 0 aliphatic heterocycles. The lowest BCUT2D eigenvalue weighted by Crippen LogP contribution is -1.94. The van der Waals surface area contributed by atoms with Gasteiger partial charge >= 0.3 is 0 Å². The lowest BCUT2D eigenvalue weighted by atomic mass is 9.87. The molecule has 0 aliphatic carbocycles. The zero-order valence-electron chi connectivity index (χ0n) is 12.9. The highest BCUT2D eigenvalue weighted by Gasteiger charge is 2.15. The third kappa shape index (κ3) is 1.55. The van der Waals surface area contributed by atoms with E-state index >= 15 is 0 Å². The highest BCUT2D eigenvalue weighted by molar-refractivity contribution is 6.30. The predicted octanol–water partition coefficient (Wildman–Crippen LogP) is 5.54. The molecule has 0 heterocycles. The second-order valence-corrected chi connectivity index (χ2v) is 6.31. The Labute approximate surface area is 134 Å². The van der Waals surface area contributed by atoms with Gasteiger partial charge in [-0.05, 0) is 61.1 Å². The average Bonchev–Trinajstić information content (AvgIpc) is 2.59. The molecule has 0 spiro atoms. The summed E-state index contributed by atoms with van der Waals surface area (Å²) < 4.78 is 0. The number of hydrogen-bond donors (Lipinski definition) is 1. The molecule has 0 aliphatic rings. The largest absolute Gasteiger partial charge is 0.392 e. The van der Waals surface area contributed by atoms with Gasteiger partial charge in [-0.15, -0.1) is 0 Å². The molecule has 0 aromatic heterocycles. The van der Waals surface area contributed by atoms with E-state index < -0.39 is 0 Å². The Morgan fingerprint density at radius 3 is 2.04 bits per heavy atom. The summed E-state index contributed by atoms with van der Waals surface area (Å²) in [5, 5.41) is 20.1. The third-order valence-corrected chi connectivity index (χ3v) is 5.13. The minimum absolute atomic E-state index is 0.0636. The average molecular weight is 296 g/mol. The Morgan fingerprint density at radius 1 is 0.652 bits per heavy atom. The Kier molecular flexibility index (Phi) is 2.48. The van der Waals surface area contributed by atoms with Crippen LogP contribution in [0.5, 0.6) is 0 Å². The highest BCUT2D eigenvalue weighted by Crippen LogP contribution is 2.41. The maximum Gasteiger partial charge on any atom is 0.0693 e. The van der Waals surface area contributed by atoms with Crippen molar-refractivity contribution < 1.29 is 5.11 Å². The van der Waals surface area contributed by atoms with E-state index in [0.29, 0.717) is 0 Å². The molecule has 1 nitrogen and oxygen atoms in total. The van der Waals surface area contributed by atoms with E-state index in [0.717, 1.165) is 5.56 Å². The van der Waals surface area contributed by atoms with Crippen LogP contribution in [-0.2, 0) is 6.61 Å². The van der Waals surface area contributed by atoms with Gasteiger partial charge in [0, 0.05) is 0 Å². The van der Waals surface area contributed by atoms with Crippen LogP contribution in [0.25, 0.3) is 43.1 Å². The quantitative estimate of drug-likeness (QED) is 0.318. The van der Waals surface area contributed by atoms with Gasteiger partial charge in [-0.3, -0.25) is 0 Å². The van der Waals surface area contributed by atoms with Gasteiger partial charge in [0.1, 0.15) is 0 Å².